The zero-order valence-corrected chi connectivity index (χ0v) is 13.5. The molecule has 1 heterocycles. The number of halogens is 3. The molecule has 1 fully saturated rings. The molecule has 0 N–H and O–H groups in total. The quantitative estimate of drug-likeness (QED) is 0.807. The lowest BCUT2D eigenvalue weighted by Gasteiger charge is -2.31. The molecule has 1 amide bonds. The summed E-state index contributed by atoms with van der Waals surface area (Å²) in [7, 11) is -3.77. The number of amides is 1. The molecule has 0 bridgehead atoms. The number of sulfone groups is 1. The Morgan fingerprint density at radius 2 is 1.90 bits per heavy atom. The van der Waals surface area contributed by atoms with Gasteiger partial charge in [0.25, 0.3) is 5.92 Å². The summed E-state index contributed by atoms with van der Waals surface area (Å²) in [6.45, 7) is -0.223. The Morgan fingerprint density at radius 3 is 2.48 bits per heavy atom. The number of hydrogen-bond donors (Lipinski definition) is 0. The molecule has 4 nitrogen and oxygen atoms in total. The fourth-order valence-electron chi connectivity index (χ4n) is 2.08. The molecule has 0 spiro atoms. The number of benzene rings is 1. The van der Waals surface area contributed by atoms with Crippen LogP contribution in [0.15, 0.2) is 33.6 Å². The van der Waals surface area contributed by atoms with Crippen molar-refractivity contribution in [2.45, 2.75) is 23.7 Å². The minimum Gasteiger partial charge on any atom is -0.341 e. The molecule has 21 heavy (non-hydrogen) atoms. The smallest absolute Gasteiger partial charge is 0.251 e. The molecule has 1 aliphatic rings. The van der Waals surface area contributed by atoms with E-state index in [1.54, 1.807) is 12.1 Å². The molecule has 8 heteroatoms. The molecule has 116 valence electrons. The fraction of sp³-hybridized carbons (Fsp3) is 0.462. The summed E-state index contributed by atoms with van der Waals surface area (Å²) in [5.41, 5.74) is 0. The number of hydrogen-bond acceptors (Lipinski definition) is 3. The fourth-order valence-corrected chi connectivity index (χ4v) is 3.90. The summed E-state index contributed by atoms with van der Waals surface area (Å²) in [6.07, 6.45) is -0.842. The SMILES string of the molecule is O=C(CS(=O)(=O)c1cccc(Br)c1)N1CCC(F)(F)CC1. The Balaban J connectivity index is 2.06. The molecule has 1 aliphatic heterocycles. The van der Waals surface area contributed by atoms with Gasteiger partial charge >= 0.3 is 0 Å². The van der Waals surface area contributed by atoms with Crippen molar-refractivity contribution < 1.29 is 22.0 Å². The molecule has 0 atom stereocenters. The van der Waals surface area contributed by atoms with Gasteiger partial charge in [-0.3, -0.25) is 4.79 Å². The Hall–Kier alpha value is -1.02. The lowest BCUT2D eigenvalue weighted by atomic mass is 10.1. The first-order valence-corrected chi connectivity index (χ1v) is 8.78. The Bertz CT molecular complexity index is 639. The average Bonchev–Trinajstić information content (AvgIpc) is 2.38. The van der Waals surface area contributed by atoms with Gasteiger partial charge in [0.1, 0.15) is 5.75 Å². The van der Waals surface area contributed by atoms with Crippen LogP contribution in [0.25, 0.3) is 0 Å². The van der Waals surface area contributed by atoms with Gasteiger partial charge in [-0.2, -0.15) is 0 Å². The van der Waals surface area contributed by atoms with Gasteiger partial charge in [0, 0.05) is 30.4 Å². The first kappa shape index (κ1) is 16.4. The topological polar surface area (TPSA) is 54.5 Å². The summed E-state index contributed by atoms with van der Waals surface area (Å²) in [6, 6.07) is 6.04. The van der Waals surface area contributed by atoms with E-state index in [1.165, 1.54) is 17.0 Å². The van der Waals surface area contributed by atoms with E-state index in [1.807, 2.05) is 0 Å². The first-order valence-electron chi connectivity index (χ1n) is 6.34. The van der Waals surface area contributed by atoms with E-state index in [4.69, 9.17) is 0 Å². The standard InChI is InChI=1S/C13H14BrF2NO3S/c14-10-2-1-3-11(8-10)21(19,20)9-12(18)17-6-4-13(15,16)5-7-17/h1-3,8H,4-7,9H2. The van der Waals surface area contributed by atoms with E-state index in [0.29, 0.717) is 4.47 Å². The molecule has 0 aliphatic carbocycles. The van der Waals surface area contributed by atoms with Crippen molar-refractivity contribution in [3.63, 3.8) is 0 Å². The second kappa shape index (κ2) is 6.00. The summed E-state index contributed by atoms with van der Waals surface area (Å²) in [5.74, 6) is -4.10. The summed E-state index contributed by atoms with van der Waals surface area (Å²) in [5, 5.41) is 0. The van der Waals surface area contributed by atoms with Crippen LogP contribution >= 0.6 is 15.9 Å². The molecule has 0 aromatic heterocycles. The average molecular weight is 382 g/mol. The van der Waals surface area contributed by atoms with Crippen LogP contribution in [0.3, 0.4) is 0 Å². The third-order valence-corrected chi connectivity index (χ3v) is 5.41. The van der Waals surface area contributed by atoms with Crippen LogP contribution in [0.1, 0.15) is 12.8 Å². The number of nitrogens with zero attached hydrogens (tertiary/aromatic N) is 1. The second-order valence-electron chi connectivity index (χ2n) is 4.95. The zero-order chi connectivity index (χ0) is 15.7. The highest BCUT2D eigenvalue weighted by Crippen LogP contribution is 2.28. The van der Waals surface area contributed by atoms with E-state index in [-0.39, 0.29) is 18.0 Å². The summed E-state index contributed by atoms with van der Waals surface area (Å²) in [4.78, 5) is 13.2. The third-order valence-electron chi connectivity index (χ3n) is 3.32. The summed E-state index contributed by atoms with van der Waals surface area (Å²) < 4.78 is 50.9. The second-order valence-corrected chi connectivity index (χ2v) is 7.86. The maximum atomic E-state index is 13.0. The van der Waals surface area contributed by atoms with Gasteiger partial charge in [-0.1, -0.05) is 22.0 Å². The van der Waals surface area contributed by atoms with Crippen LogP contribution in [0.4, 0.5) is 8.78 Å². The van der Waals surface area contributed by atoms with Crippen molar-refractivity contribution in [1.82, 2.24) is 4.90 Å². The van der Waals surface area contributed by atoms with Crippen LogP contribution in [0.2, 0.25) is 0 Å². The Labute approximate surface area is 130 Å². The number of carbonyl (C=O) groups excluding carboxylic acids is 1. The molecule has 1 aromatic carbocycles. The molecular formula is C13H14BrF2NO3S. The van der Waals surface area contributed by atoms with Crippen LogP contribution in [0, 0.1) is 0 Å². The van der Waals surface area contributed by atoms with Gasteiger partial charge in [0.05, 0.1) is 4.90 Å². The van der Waals surface area contributed by atoms with Crippen LogP contribution in [-0.2, 0) is 14.6 Å². The van der Waals surface area contributed by atoms with E-state index >= 15 is 0 Å². The van der Waals surface area contributed by atoms with Gasteiger partial charge < -0.3 is 4.90 Å². The van der Waals surface area contributed by atoms with E-state index in [2.05, 4.69) is 15.9 Å². The van der Waals surface area contributed by atoms with Gasteiger partial charge in [-0.15, -0.1) is 0 Å². The van der Waals surface area contributed by atoms with Crippen molar-refractivity contribution in [3.8, 4) is 0 Å². The Kier molecular flexibility index (Phi) is 4.67. The Morgan fingerprint density at radius 1 is 1.29 bits per heavy atom. The molecule has 1 aromatic rings. The maximum Gasteiger partial charge on any atom is 0.251 e. The van der Waals surface area contributed by atoms with Crippen molar-refractivity contribution in [2.24, 2.45) is 0 Å². The van der Waals surface area contributed by atoms with E-state index in [0.717, 1.165) is 0 Å². The number of alkyl halides is 2. The van der Waals surface area contributed by atoms with Crippen LogP contribution in [0.5, 0.6) is 0 Å². The lowest BCUT2D eigenvalue weighted by molar-refractivity contribution is -0.134. The lowest BCUT2D eigenvalue weighted by Crippen LogP contribution is -2.44. The zero-order valence-electron chi connectivity index (χ0n) is 11.1. The predicted octanol–water partition coefficient (Wildman–Crippen LogP) is 2.48. The first-order chi connectivity index (χ1) is 9.70. The van der Waals surface area contributed by atoms with E-state index < -0.39 is 40.3 Å². The molecule has 0 radical (unpaired) electrons. The minimum atomic E-state index is -3.77. The molecule has 0 unspecified atom stereocenters. The highest BCUT2D eigenvalue weighted by Gasteiger charge is 2.36. The highest BCUT2D eigenvalue weighted by atomic mass is 79.9. The van der Waals surface area contributed by atoms with Crippen LogP contribution in [-0.4, -0.2) is 44.0 Å². The predicted molar refractivity (Wildman–Crippen MR) is 77.0 cm³/mol. The van der Waals surface area contributed by atoms with Gasteiger partial charge in [-0.05, 0) is 18.2 Å². The van der Waals surface area contributed by atoms with Gasteiger partial charge in [-0.25, -0.2) is 17.2 Å². The van der Waals surface area contributed by atoms with Crippen LogP contribution < -0.4 is 0 Å². The molecular weight excluding hydrogens is 368 g/mol. The minimum absolute atomic E-state index is 0.0348. The van der Waals surface area contributed by atoms with Crippen molar-refractivity contribution >= 4 is 31.7 Å². The summed E-state index contributed by atoms with van der Waals surface area (Å²) >= 11 is 3.17. The van der Waals surface area contributed by atoms with Crippen molar-refractivity contribution in [2.75, 3.05) is 18.8 Å². The normalized spacial score (nSPS) is 18.5. The monoisotopic (exact) mass is 381 g/mol. The number of likely N-dealkylation sites (tertiary alicyclic amines) is 1. The highest BCUT2D eigenvalue weighted by molar-refractivity contribution is 9.10. The van der Waals surface area contributed by atoms with E-state index in [9.17, 15) is 22.0 Å². The number of rotatable bonds is 3. The van der Waals surface area contributed by atoms with Crippen molar-refractivity contribution in [1.29, 1.82) is 0 Å². The van der Waals surface area contributed by atoms with Gasteiger partial charge in [0.2, 0.25) is 5.91 Å². The molecule has 1 saturated heterocycles. The maximum absolute atomic E-state index is 13.0. The number of carbonyl (C=O) groups is 1. The molecule has 2 rings (SSSR count). The molecule has 0 saturated carbocycles. The third kappa shape index (κ3) is 4.23. The van der Waals surface area contributed by atoms with Crippen molar-refractivity contribution in [3.05, 3.63) is 28.7 Å². The number of piperidine rings is 1. The largest absolute Gasteiger partial charge is 0.341 e. The van der Waals surface area contributed by atoms with Gasteiger partial charge in [0.15, 0.2) is 9.84 Å².